The summed E-state index contributed by atoms with van der Waals surface area (Å²) in [6, 6.07) is 15.0. The number of methoxy groups -OCH3 is 1. The number of pyridine rings is 1. The van der Waals surface area contributed by atoms with Gasteiger partial charge in [-0.25, -0.2) is 8.78 Å². The number of anilines is 1. The van der Waals surface area contributed by atoms with Crippen LogP contribution < -0.4 is 24.8 Å². The average Bonchev–Trinajstić information content (AvgIpc) is 3.01. The predicted molar refractivity (Wildman–Crippen MR) is 154 cm³/mol. The van der Waals surface area contributed by atoms with Crippen molar-refractivity contribution in [1.29, 1.82) is 0 Å². The van der Waals surface area contributed by atoms with Crippen LogP contribution in [0.25, 0.3) is 10.9 Å². The first kappa shape index (κ1) is 28.9. The number of carbonyl (C=O) groups is 2. The van der Waals surface area contributed by atoms with Crippen molar-refractivity contribution < 1.29 is 32.6 Å². The number of aryl methyl sites for hydroxylation is 1. The van der Waals surface area contributed by atoms with Crippen LogP contribution in [-0.2, 0) is 16.0 Å². The van der Waals surface area contributed by atoms with Gasteiger partial charge in [0, 0.05) is 35.8 Å². The number of nitrogens with zero attached hydrogens (tertiary/aromatic N) is 1. The molecule has 0 aliphatic carbocycles. The first-order chi connectivity index (χ1) is 20.4. The quantitative estimate of drug-likeness (QED) is 0.217. The number of ketones is 1. The summed E-state index contributed by atoms with van der Waals surface area (Å²) < 4.78 is 46.3. The van der Waals surface area contributed by atoms with Crippen LogP contribution in [0.3, 0.4) is 0 Å². The van der Waals surface area contributed by atoms with Crippen LogP contribution in [0, 0.1) is 17.6 Å². The summed E-state index contributed by atoms with van der Waals surface area (Å²) in [5, 5.41) is 6.33. The second-order valence-corrected chi connectivity index (χ2v) is 10.0. The zero-order chi connectivity index (χ0) is 29.5. The SMILES string of the molecule is COc1cc2c(Oc3ccc(NC(=O)C(=O)CCc4ccccc4F)cc3F)ccnc2cc1OCC1CCNCC1. The number of halogens is 2. The number of rotatable bonds is 11. The molecule has 1 aromatic heterocycles. The van der Waals surface area contributed by atoms with Gasteiger partial charge in [-0.15, -0.1) is 0 Å². The van der Waals surface area contributed by atoms with Gasteiger partial charge in [-0.3, -0.25) is 14.6 Å². The topological polar surface area (TPSA) is 98.8 Å². The Morgan fingerprint density at radius 2 is 1.76 bits per heavy atom. The molecule has 42 heavy (non-hydrogen) atoms. The van der Waals surface area contributed by atoms with Crippen molar-refractivity contribution >= 4 is 28.3 Å². The Labute approximate surface area is 242 Å². The maximum atomic E-state index is 15.0. The van der Waals surface area contributed by atoms with Crippen LogP contribution in [0.2, 0.25) is 0 Å². The minimum Gasteiger partial charge on any atom is -0.493 e. The number of hydrogen-bond donors (Lipinski definition) is 2. The standard InChI is InChI=1S/C32H31F2N3O5/c1-40-30-17-23-26(18-31(30)41-19-20-10-13-35-14-11-20)36-15-12-28(23)42-29-9-7-22(16-25(29)34)37-32(39)27(38)8-6-21-4-2-3-5-24(21)33/h2-5,7,9,12,15-18,20,35H,6,8,10-11,13-14,19H2,1H3,(H,37,39). The Balaban J connectivity index is 1.25. The Bertz CT molecular complexity index is 1590. The fourth-order valence-electron chi connectivity index (χ4n) is 4.79. The molecule has 0 bridgehead atoms. The second-order valence-electron chi connectivity index (χ2n) is 10.0. The summed E-state index contributed by atoms with van der Waals surface area (Å²) in [6.07, 6.45) is 3.55. The fourth-order valence-corrected chi connectivity index (χ4v) is 4.79. The molecule has 0 atom stereocenters. The lowest BCUT2D eigenvalue weighted by atomic mass is 9.99. The Hall–Kier alpha value is -4.57. The van der Waals surface area contributed by atoms with Gasteiger partial charge in [0.2, 0.25) is 5.78 Å². The molecule has 1 saturated heterocycles. The fraction of sp³-hybridized carbons (Fsp3) is 0.281. The van der Waals surface area contributed by atoms with E-state index in [0.29, 0.717) is 46.2 Å². The van der Waals surface area contributed by atoms with Gasteiger partial charge in [0.15, 0.2) is 23.1 Å². The highest BCUT2D eigenvalue weighted by Gasteiger charge is 2.19. The van der Waals surface area contributed by atoms with Gasteiger partial charge >= 0.3 is 0 Å². The lowest BCUT2D eigenvalue weighted by Gasteiger charge is -2.23. The van der Waals surface area contributed by atoms with Gasteiger partial charge in [-0.05, 0) is 74.2 Å². The van der Waals surface area contributed by atoms with Crippen LogP contribution in [0.15, 0.2) is 66.9 Å². The first-order valence-corrected chi connectivity index (χ1v) is 13.8. The molecule has 218 valence electrons. The van der Waals surface area contributed by atoms with E-state index in [1.807, 2.05) is 0 Å². The number of ether oxygens (including phenoxy) is 3. The third-order valence-corrected chi connectivity index (χ3v) is 7.16. The van der Waals surface area contributed by atoms with Gasteiger partial charge in [0.1, 0.15) is 11.6 Å². The molecule has 10 heteroatoms. The molecule has 2 N–H and O–H groups in total. The van der Waals surface area contributed by atoms with Crippen LogP contribution in [0.4, 0.5) is 14.5 Å². The third kappa shape index (κ3) is 7.01. The summed E-state index contributed by atoms with van der Waals surface area (Å²) in [6.45, 7) is 2.53. The molecule has 0 saturated carbocycles. The number of aromatic nitrogens is 1. The minimum atomic E-state index is -0.912. The van der Waals surface area contributed by atoms with Crippen molar-refractivity contribution in [2.75, 3.05) is 32.1 Å². The van der Waals surface area contributed by atoms with Crippen molar-refractivity contribution in [3.05, 3.63) is 84.1 Å². The Kier molecular flexibility index (Phi) is 9.23. The molecule has 5 rings (SSSR count). The Morgan fingerprint density at radius 3 is 2.52 bits per heavy atom. The number of Topliss-reactive ketones (excluding diaryl/α,β-unsaturated/α-hetero) is 1. The molecule has 0 spiro atoms. The molecule has 1 amide bonds. The molecule has 8 nitrogen and oxygen atoms in total. The number of fused-ring (bicyclic) bond motifs is 1. The van der Waals surface area contributed by atoms with E-state index in [-0.39, 0.29) is 24.3 Å². The number of hydrogen-bond acceptors (Lipinski definition) is 7. The highest BCUT2D eigenvalue weighted by Crippen LogP contribution is 2.38. The molecule has 3 aromatic carbocycles. The molecule has 4 aromatic rings. The maximum absolute atomic E-state index is 15.0. The molecular weight excluding hydrogens is 544 g/mol. The van der Waals surface area contributed by atoms with Crippen LogP contribution >= 0.6 is 0 Å². The molecule has 1 fully saturated rings. The van der Waals surface area contributed by atoms with Crippen molar-refractivity contribution in [1.82, 2.24) is 10.3 Å². The van der Waals surface area contributed by atoms with E-state index < -0.39 is 23.3 Å². The average molecular weight is 576 g/mol. The molecular formula is C32H31F2N3O5. The number of amides is 1. The summed E-state index contributed by atoms with van der Waals surface area (Å²) >= 11 is 0. The second kappa shape index (κ2) is 13.4. The molecule has 0 unspecified atom stereocenters. The maximum Gasteiger partial charge on any atom is 0.291 e. The van der Waals surface area contributed by atoms with Crippen molar-refractivity contribution in [2.45, 2.75) is 25.7 Å². The van der Waals surface area contributed by atoms with E-state index in [2.05, 4.69) is 15.6 Å². The first-order valence-electron chi connectivity index (χ1n) is 13.8. The summed E-state index contributed by atoms with van der Waals surface area (Å²) in [5.41, 5.74) is 1.01. The van der Waals surface area contributed by atoms with Gasteiger partial charge < -0.3 is 24.8 Å². The van der Waals surface area contributed by atoms with Gasteiger partial charge in [-0.1, -0.05) is 18.2 Å². The largest absolute Gasteiger partial charge is 0.493 e. The lowest BCUT2D eigenvalue weighted by molar-refractivity contribution is -0.134. The Morgan fingerprint density at radius 1 is 0.952 bits per heavy atom. The van der Waals surface area contributed by atoms with Gasteiger partial charge in [0.25, 0.3) is 5.91 Å². The van der Waals surface area contributed by atoms with Gasteiger partial charge in [0.05, 0.1) is 19.2 Å². The molecule has 1 aliphatic rings. The number of carbonyl (C=O) groups excluding carboxylic acids is 2. The van der Waals surface area contributed by atoms with E-state index in [4.69, 9.17) is 14.2 Å². The van der Waals surface area contributed by atoms with Crippen LogP contribution in [-0.4, -0.2) is 43.5 Å². The molecule has 0 radical (unpaired) electrons. The van der Waals surface area contributed by atoms with Crippen molar-refractivity contribution in [3.63, 3.8) is 0 Å². The van der Waals surface area contributed by atoms with Crippen LogP contribution in [0.1, 0.15) is 24.8 Å². The summed E-state index contributed by atoms with van der Waals surface area (Å²) in [7, 11) is 1.55. The van der Waals surface area contributed by atoms with E-state index in [0.717, 1.165) is 32.0 Å². The summed E-state index contributed by atoms with van der Waals surface area (Å²) in [5.74, 6) is -1.04. The predicted octanol–water partition coefficient (Wildman–Crippen LogP) is 5.83. The van der Waals surface area contributed by atoms with E-state index >= 15 is 4.39 Å². The zero-order valence-electron chi connectivity index (χ0n) is 23.1. The summed E-state index contributed by atoms with van der Waals surface area (Å²) in [4.78, 5) is 29.0. The zero-order valence-corrected chi connectivity index (χ0v) is 23.1. The van der Waals surface area contributed by atoms with E-state index in [9.17, 15) is 14.0 Å². The van der Waals surface area contributed by atoms with E-state index in [1.54, 1.807) is 49.7 Å². The highest BCUT2D eigenvalue weighted by atomic mass is 19.1. The number of benzene rings is 3. The van der Waals surface area contributed by atoms with Crippen molar-refractivity contribution in [2.24, 2.45) is 5.92 Å². The minimum absolute atomic E-state index is 0.0800. The number of nitrogens with one attached hydrogen (secondary N) is 2. The van der Waals surface area contributed by atoms with Gasteiger partial charge in [-0.2, -0.15) is 0 Å². The van der Waals surface area contributed by atoms with E-state index in [1.165, 1.54) is 18.2 Å². The monoisotopic (exact) mass is 575 g/mol. The smallest absolute Gasteiger partial charge is 0.291 e. The molecule has 2 heterocycles. The van der Waals surface area contributed by atoms with Crippen molar-refractivity contribution in [3.8, 4) is 23.0 Å². The normalized spacial score (nSPS) is 13.5. The number of piperidine rings is 1. The third-order valence-electron chi connectivity index (χ3n) is 7.16. The molecule has 1 aliphatic heterocycles. The highest BCUT2D eigenvalue weighted by molar-refractivity contribution is 6.40. The lowest BCUT2D eigenvalue weighted by Crippen LogP contribution is -2.30. The van der Waals surface area contributed by atoms with Crippen LogP contribution in [0.5, 0.6) is 23.0 Å².